The molecule has 148 valence electrons. The number of amides is 1. The average molecular weight is 419 g/mol. The molecule has 5 nitrogen and oxygen atoms in total. The maximum Gasteiger partial charge on any atom is 0.424 e. The molecular formula is C17H20F3N3O2S2. The lowest BCUT2D eigenvalue weighted by molar-refractivity contribution is -0.266. The van der Waals surface area contributed by atoms with E-state index in [2.05, 4.69) is 15.3 Å². The highest BCUT2D eigenvalue weighted by Gasteiger charge is 2.58. The highest BCUT2D eigenvalue weighted by Crippen LogP contribution is 2.43. The van der Waals surface area contributed by atoms with Gasteiger partial charge in [0.25, 0.3) is 0 Å². The standard InChI is InChI=1S/C17H20F3N3O2S2/c1-10-9-26-14(21-10)16(25,17(18,19)20)8-13(24)23-15-22-11-6-4-2-3-5-7-12(11)27-15/h9,25H,2-8H2,1H3,(H,22,23,24)/t16-/m0/s1. The Labute approximate surface area is 162 Å². The van der Waals surface area contributed by atoms with Crippen LogP contribution in [-0.4, -0.2) is 27.2 Å². The fourth-order valence-electron chi connectivity index (χ4n) is 3.00. The Hall–Kier alpha value is -1.52. The van der Waals surface area contributed by atoms with E-state index in [1.165, 1.54) is 23.6 Å². The van der Waals surface area contributed by atoms with E-state index in [1.54, 1.807) is 0 Å². The number of aliphatic hydroxyl groups is 1. The molecule has 3 rings (SSSR count). The summed E-state index contributed by atoms with van der Waals surface area (Å²) in [7, 11) is 0. The number of alkyl halides is 3. The minimum Gasteiger partial charge on any atom is -0.374 e. The molecule has 1 atom stereocenters. The van der Waals surface area contributed by atoms with Crippen LogP contribution in [-0.2, 0) is 23.2 Å². The van der Waals surface area contributed by atoms with Crippen molar-refractivity contribution in [1.82, 2.24) is 9.97 Å². The number of hydrogen-bond donors (Lipinski definition) is 2. The van der Waals surface area contributed by atoms with Crippen LogP contribution in [0.2, 0.25) is 0 Å². The predicted octanol–water partition coefficient (Wildman–Crippen LogP) is 4.35. The minimum absolute atomic E-state index is 0.284. The first kappa shape index (κ1) is 20.2. The SMILES string of the molecule is Cc1csc([C@@](O)(CC(=O)Nc2nc3c(s2)CCCCCC3)C(F)(F)F)n1. The van der Waals surface area contributed by atoms with Gasteiger partial charge in [0.1, 0.15) is 5.01 Å². The summed E-state index contributed by atoms with van der Waals surface area (Å²) in [4.78, 5) is 21.5. The summed E-state index contributed by atoms with van der Waals surface area (Å²) in [5, 5.41) is 13.9. The van der Waals surface area contributed by atoms with Crippen LogP contribution in [0.1, 0.15) is 53.4 Å². The molecule has 10 heteroatoms. The summed E-state index contributed by atoms with van der Waals surface area (Å²) in [6, 6.07) is 0. The first-order chi connectivity index (χ1) is 12.7. The Kier molecular flexibility index (Phi) is 5.87. The summed E-state index contributed by atoms with van der Waals surface area (Å²) in [5.41, 5.74) is -2.04. The van der Waals surface area contributed by atoms with Crippen molar-refractivity contribution in [2.24, 2.45) is 0 Å². The number of thiazole rings is 2. The van der Waals surface area contributed by atoms with E-state index >= 15 is 0 Å². The lowest BCUT2D eigenvalue weighted by atomic mass is 9.99. The molecule has 0 saturated heterocycles. The van der Waals surface area contributed by atoms with Crippen LogP contribution in [0.3, 0.4) is 0 Å². The summed E-state index contributed by atoms with van der Waals surface area (Å²) in [6.45, 7) is 1.53. The Morgan fingerprint density at radius 2 is 1.93 bits per heavy atom. The summed E-state index contributed by atoms with van der Waals surface area (Å²) < 4.78 is 40.5. The molecule has 1 aliphatic rings. The van der Waals surface area contributed by atoms with E-state index in [-0.39, 0.29) is 5.13 Å². The molecule has 2 heterocycles. The monoisotopic (exact) mass is 419 g/mol. The largest absolute Gasteiger partial charge is 0.424 e. The van der Waals surface area contributed by atoms with Crippen molar-refractivity contribution in [3.05, 3.63) is 26.7 Å². The zero-order valence-corrected chi connectivity index (χ0v) is 16.4. The van der Waals surface area contributed by atoms with E-state index in [0.717, 1.165) is 49.1 Å². The van der Waals surface area contributed by atoms with Gasteiger partial charge in [-0.2, -0.15) is 13.2 Å². The molecule has 0 aliphatic heterocycles. The molecule has 0 saturated carbocycles. The number of carbonyl (C=O) groups excluding carboxylic acids is 1. The number of fused-ring (bicyclic) bond motifs is 1. The molecule has 0 radical (unpaired) electrons. The van der Waals surface area contributed by atoms with Crippen molar-refractivity contribution in [2.45, 2.75) is 63.6 Å². The van der Waals surface area contributed by atoms with E-state index in [9.17, 15) is 23.1 Å². The fourth-order valence-corrected chi connectivity index (χ4v) is 4.98. The number of carbonyl (C=O) groups is 1. The molecule has 2 N–H and O–H groups in total. The highest BCUT2D eigenvalue weighted by molar-refractivity contribution is 7.15. The molecule has 27 heavy (non-hydrogen) atoms. The van der Waals surface area contributed by atoms with Crippen molar-refractivity contribution < 1.29 is 23.1 Å². The molecule has 1 amide bonds. The second kappa shape index (κ2) is 7.84. The van der Waals surface area contributed by atoms with Crippen LogP contribution in [0, 0.1) is 6.92 Å². The molecular weight excluding hydrogens is 399 g/mol. The van der Waals surface area contributed by atoms with Gasteiger partial charge < -0.3 is 10.4 Å². The van der Waals surface area contributed by atoms with Crippen molar-refractivity contribution in [3.63, 3.8) is 0 Å². The zero-order valence-electron chi connectivity index (χ0n) is 14.7. The highest BCUT2D eigenvalue weighted by atomic mass is 32.1. The summed E-state index contributed by atoms with van der Waals surface area (Å²) >= 11 is 1.98. The summed E-state index contributed by atoms with van der Waals surface area (Å²) in [6.07, 6.45) is -0.169. The number of aryl methyl sites for hydroxylation is 3. The quantitative estimate of drug-likeness (QED) is 0.773. The third kappa shape index (κ3) is 4.49. The van der Waals surface area contributed by atoms with Gasteiger partial charge in [-0.25, -0.2) is 9.97 Å². The van der Waals surface area contributed by atoms with Crippen LogP contribution in [0.5, 0.6) is 0 Å². The lowest BCUT2D eigenvalue weighted by Gasteiger charge is -2.27. The van der Waals surface area contributed by atoms with Crippen molar-refractivity contribution in [1.29, 1.82) is 0 Å². The van der Waals surface area contributed by atoms with Gasteiger partial charge in [0.15, 0.2) is 5.13 Å². The Morgan fingerprint density at radius 3 is 2.56 bits per heavy atom. The van der Waals surface area contributed by atoms with Crippen molar-refractivity contribution in [2.75, 3.05) is 5.32 Å². The first-order valence-electron chi connectivity index (χ1n) is 8.69. The van der Waals surface area contributed by atoms with Gasteiger partial charge in [-0.05, 0) is 32.6 Å². The number of nitrogens with zero attached hydrogens (tertiary/aromatic N) is 2. The van der Waals surface area contributed by atoms with E-state index in [1.807, 2.05) is 0 Å². The fraction of sp³-hybridized carbons (Fsp3) is 0.588. The Morgan fingerprint density at radius 1 is 1.22 bits per heavy atom. The number of nitrogens with one attached hydrogen (secondary N) is 1. The average Bonchev–Trinajstić information content (AvgIpc) is 3.13. The van der Waals surface area contributed by atoms with Gasteiger partial charge in [0.05, 0.1) is 12.1 Å². The number of hydrogen-bond acceptors (Lipinski definition) is 6. The first-order valence-corrected chi connectivity index (χ1v) is 10.4. The van der Waals surface area contributed by atoms with Gasteiger partial charge >= 0.3 is 6.18 Å². The maximum atomic E-state index is 13.5. The molecule has 0 fully saturated rings. The number of anilines is 1. The van der Waals surface area contributed by atoms with E-state index < -0.39 is 29.1 Å². The molecule has 0 unspecified atom stereocenters. The van der Waals surface area contributed by atoms with Gasteiger partial charge in [0, 0.05) is 16.0 Å². The second-order valence-corrected chi connectivity index (χ2v) is 8.62. The van der Waals surface area contributed by atoms with Gasteiger partial charge in [0.2, 0.25) is 11.5 Å². The van der Waals surface area contributed by atoms with E-state index in [4.69, 9.17) is 0 Å². The third-order valence-corrected chi connectivity index (χ3v) is 6.63. The van der Waals surface area contributed by atoms with Crippen molar-refractivity contribution in [3.8, 4) is 0 Å². The Balaban J connectivity index is 1.76. The number of aromatic nitrogens is 2. The number of halogens is 3. The normalized spacial score (nSPS) is 17.5. The van der Waals surface area contributed by atoms with Gasteiger partial charge in [-0.3, -0.25) is 4.79 Å². The molecule has 0 bridgehead atoms. The van der Waals surface area contributed by atoms with Crippen LogP contribution in [0.4, 0.5) is 18.3 Å². The molecule has 2 aromatic rings. The van der Waals surface area contributed by atoms with Gasteiger partial charge in [-0.15, -0.1) is 22.7 Å². The third-order valence-electron chi connectivity index (χ3n) is 4.45. The Bertz CT molecular complexity index is 793. The van der Waals surface area contributed by atoms with Crippen LogP contribution < -0.4 is 5.32 Å². The van der Waals surface area contributed by atoms with Crippen LogP contribution >= 0.6 is 22.7 Å². The second-order valence-electron chi connectivity index (χ2n) is 6.68. The minimum atomic E-state index is -5.02. The van der Waals surface area contributed by atoms with Crippen LogP contribution in [0.25, 0.3) is 0 Å². The van der Waals surface area contributed by atoms with Gasteiger partial charge in [-0.1, -0.05) is 12.8 Å². The molecule has 2 aromatic heterocycles. The molecule has 0 aromatic carbocycles. The predicted molar refractivity (Wildman–Crippen MR) is 98.0 cm³/mol. The smallest absolute Gasteiger partial charge is 0.374 e. The zero-order chi connectivity index (χ0) is 19.7. The van der Waals surface area contributed by atoms with E-state index in [0.29, 0.717) is 17.0 Å². The van der Waals surface area contributed by atoms with Crippen molar-refractivity contribution >= 4 is 33.7 Å². The topological polar surface area (TPSA) is 75.1 Å². The number of rotatable bonds is 4. The summed E-state index contributed by atoms with van der Waals surface area (Å²) in [5.74, 6) is -0.940. The van der Waals surface area contributed by atoms with Crippen LogP contribution in [0.15, 0.2) is 5.38 Å². The molecule has 0 spiro atoms. The maximum absolute atomic E-state index is 13.5. The molecule has 1 aliphatic carbocycles. The lowest BCUT2D eigenvalue weighted by Crippen LogP contribution is -2.45.